The Kier molecular flexibility index (Phi) is 2.87. The van der Waals surface area contributed by atoms with E-state index in [1.807, 2.05) is 0 Å². The summed E-state index contributed by atoms with van der Waals surface area (Å²) in [6.45, 7) is 0.0205. The molecule has 3 N–H and O–H groups in total. The van der Waals surface area contributed by atoms with Crippen LogP contribution in [0.5, 0.6) is 0 Å². The maximum absolute atomic E-state index is 12.4. The summed E-state index contributed by atoms with van der Waals surface area (Å²) in [4.78, 5) is 24.7. The summed E-state index contributed by atoms with van der Waals surface area (Å²) in [5, 5.41) is 28.9. The number of nitrogens with zero attached hydrogens (tertiary/aromatic N) is 3. The second-order valence-corrected chi connectivity index (χ2v) is 4.73. The van der Waals surface area contributed by atoms with Crippen LogP contribution in [-0.2, 0) is 4.79 Å². The van der Waals surface area contributed by atoms with Crippen molar-refractivity contribution in [3.8, 4) is 0 Å². The zero-order valence-electron chi connectivity index (χ0n) is 10.4. The summed E-state index contributed by atoms with van der Waals surface area (Å²) in [7, 11) is 0. The molecule has 8 nitrogen and oxygen atoms in total. The third-order valence-electron chi connectivity index (χ3n) is 3.39. The van der Waals surface area contributed by atoms with Gasteiger partial charge in [0.15, 0.2) is 0 Å². The molecule has 0 saturated carbocycles. The molecule has 0 bridgehead atoms. The van der Waals surface area contributed by atoms with Crippen LogP contribution in [0.1, 0.15) is 16.8 Å². The molecule has 0 unspecified atom stereocenters. The number of carbonyl (C=O) groups excluding carboxylic acids is 1. The summed E-state index contributed by atoms with van der Waals surface area (Å²) < 4.78 is 0. The van der Waals surface area contributed by atoms with Crippen molar-refractivity contribution in [2.75, 3.05) is 6.54 Å². The Morgan fingerprint density at radius 1 is 1.30 bits per heavy atom. The minimum absolute atomic E-state index is 0.0205. The van der Waals surface area contributed by atoms with E-state index in [2.05, 4.69) is 15.4 Å². The van der Waals surface area contributed by atoms with Gasteiger partial charge >= 0.3 is 5.97 Å². The van der Waals surface area contributed by atoms with Gasteiger partial charge in [-0.3, -0.25) is 4.79 Å². The predicted molar refractivity (Wildman–Crippen MR) is 67.0 cm³/mol. The highest BCUT2D eigenvalue weighted by atomic mass is 16.4. The van der Waals surface area contributed by atoms with Gasteiger partial charge in [-0.25, -0.2) is 4.79 Å². The number of benzene rings is 1. The molecule has 1 aromatic heterocycles. The van der Waals surface area contributed by atoms with Crippen LogP contribution < -0.4 is 0 Å². The number of H-pyrrole nitrogens is 1. The minimum Gasteiger partial charge on any atom is -0.480 e. The van der Waals surface area contributed by atoms with Crippen molar-refractivity contribution in [1.82, 2.24) is 20.3 Å². The smallest absolute Gasteiger partial charge is 0.326 e. The van der Waals surface area contributed by atoms with E-state index in [-0.39, 0.29) is 13.0 Å². The molecule has 1 amide bonds. The van der Waals surface area contributed by atoms with Gasteiger partial charge in [-0.2, -0.15) is 15.4 Å². The van der Waals surface area contributed by atoms with E-state index in [0.717, 1.165) is 0 Å². The summed E-state index contributed by atoms with van der Waals surface area (Å²) in [6.07, 6.45) is -0.761. The molecule has 104 valence electrons. The number of nitrogens with one attached hydrogen (secondary N) is 1. The molecule has 8 heteroatoms. The highest BCUT2D eigenvalue weighted by molar-refractivity contribution is 5.99. The van der Waals surface area contributed by atoms with Crippen molar-refractivity contribution in [2.45, 2.75) is 18.6 Å². The van der Waals surface area contributed by atoms with E-state index < -0.39 is 24.0 Å². The quantitative estimate of drug-likeness (QED) is 0.687. The van der Waals surface area contributed by atoms with Crippen molar-refractivity contribution in [3.63, 3.8) is 0 Å². The molecule has 20 heavy (non-hydrogen) atoms. The first-order valence-electron chi connectivity index (χ1n) is 6.08. The standard InChI is InChI=1S/C12H12N4O4/c17-7-4-10(12(19)20)16(5-7)11(18)6-1-2-8-9(3-6)14-15-13-8/h1-3,7,10,17H,4-5H2,(H,19,20)(H,13,14,15)/t7-,10+/m1/s1. The number of β-amino-alcohol motifs (C(OH)–C–C–N with tert-alkyl or cyclic N) is 1. The maximum atomic E-state index is 12.4. The number of aromatic nitrogens is 3. The lowest BCUT2D eigenvalue weighted by molar-refractivity contribution is -0.141. The Morgan fingerprint density at radius 3 is 2.80 bits per heavy atom. The fraction of sp³-hybridized carbons (Fsp3) is 0.333. The molecule has 2 aromatic rings. The number of carboxylic acid groups (broad SMARTS) is 1. The Hall–Kier alpha value is -2.48. The number of rotatable bonds is 2. The van der Waals surface area contributed by atoms with E-state index in [1.165, 1.54) is 4.90 Å². The molecule has 0 radical (unpaired) electrons. The normalized spacial score (nSPS) is 22.4. The first-order chi connectivity index (χ1) is 9.56. The molecular weight excluding hydrogens is 264 g/mol. The molecule has 2 atom stereocenters. The molecule has 1 aliphatic heterocycles. The Balaban J connectivity index is 1.92. The summed E-state index contributed by atoms with van der Waals surface area (Å²) in [5.41, 5.74) is 1.48. The number of likely N-dealkylation sites (tertiary alicyclic amines) is 1. The number of hydrogen-bond acceptors (Lipinski definition) is 5. The second kappa shape index (κ2) is 4.57. The molecule has 3 rings (SSSR count). The number of aromatic amines is 1. The SMILES string of the molecule is O=C(O)[C@@H]1C[C@@H](O)CN1C(=O)c1ccc2n[nH]nc2c1. The number of hydrogen-bond donors (Lipinski definition) is 3. The number of aliphatic carboxylic acids is 1. The molecule has 1 saturated heterocycles. The first-order valence-corrected chi connectivity index (χ1v) is 6.08. The summed E-state index contributed by atoms with van der Waals surface area (Å²) >= 11 is 0. The average molecular weight is 276 g/mol. The molecule has 1 fully saturated rings. The van der Waals surface area contributed by atoms with E-state index in [0.29, 0.717) is 16.6 Å². The van der Waals surface area contributed by atoms with Gasteiger partial charge in [-0.1, -0.05) is 0 Å². The van der Waals surface area contributed by atoms with Gasteiger partial charge in [0, 0.05) is 18.5 Å². The van der Waals surface area contributed by atoms with Gasteiger partial charge in [-0.05, 0) is 18.2 Å². The lowest BCUT2D eigenvalue weighted by Gasteiger charge is -2.21. The van der Waals surface area contributed by atoms with Crippen molar-refractivity contribution >= 4 is 22.9 Å². The minimum atomic E-state index is -1.11. The Labute approximate surface area is 113 Å². The third-order valence-corrected chi connectivity index (χ3v) is 3.39. The van der Waals surface area contributed by atoms with Crippen molar-refractivity contribution in [1.29, 1.82) is 0 Å². The topological polar surface area (TPSA) is 119 Å². The van der Waals surface area contributed by atoms with Crippen LogP contribution >= 0.6 is 0 Å². The monoisotopic (exact) mass is 276 g/mol. The van der Waals surface area contributed by atoms with Crippen LogP contribution in [0.4, 0.5) is 0 Å². The predicted octanol–water partition coefficient (Wildman–Crippen LogP) is -0.382. The molecule has 1 aromatic carbocycles. The van der Waals surface area contributed by atoms with Crippen molar-refractivity contribution < 1.29 is 19.8 Å². The van der Waals surface area contributed by atoms with E-state index in [1.54, 1.807) is 18.2 Å². The van der Waals surface area contributed by atoms with Gasteiger partial charge < -0.3 is 15.1 Å². The number of aliphatic hydroxyl groups excluding tert-OH is 1. The zero-order valence-corrected chi connectivity index (χ0v) is 10.4. The number of fused-ring (bicyclic) bond motifs is 1. The lowest BCUT2D eigenvalue weighted by atomic mass is 10.1. The number of carboxylic acids is 1. The average Bonchev–Trinajstić information content (AvgIpc) is 3.02. The third kappa shape index (κ3) is 1.99. The van der Waals surface area contributed by atoms with Gasteiger partial charge in [0.25, 0.3) is 5.91 Å². The Bertz CT molecular complexity index is 683. The van der Waals surface area contributed by atoms with Crippen LogP contribution in [0, 0.1) is 0 Å². The highest BCUT2D eigenvalue weighted by Crippen LogP contribution is 2.22. The lowest BCUT2D eigenvalue weighted by Crippen LogP contribution is -2.40. The van der Waals surface area contributed by atoms with Crippen LogP contribution in [0.25, 0.3) is 11.0 Å². The zero-order chi connectivity index (χ0) is 14.3. The molecular formula is C12H12N4O4. The first kappa shape index (κ1) is 12.5. The van der Waals surface area contributed by atoms with Gasteiger partial charge in [-0.15, -0.1) is 0 Å². The van der Waals surface area contributed by atoms with Crippen LogP contribution in [0.15, 0.2) is 18.2 Å². The van der Waals surface area contributed by atoms with Crippen molar-refractivity contribution in [3.05, 3.63) is 23.8 Å². The van der Waals surface area contributed by atoms with E-state index >= 15 is 0 Å². The van der Waals surface area contributed by atoms with Gasteiger partial charge in [0.1, 0.15) is 17.1 Å². The fourth-order valence-corrected chi connectivity index (χ4v) is 2.41. The van der Waals surface area contributed by atoms with Gasteiger partial charge in [0.2, 0.25) is 0 Å². The molecule has 0 aliphatic carbocycles. The Morgan fingerprint density at radius 2 is 2.05 bits per heavy atom. The largest absolute Gasteiger partial charge is 0.480 e. The summed E-state index contributed by atoms with van der Waals surface area (Å²) in [5.74, 6) is -1.55. The maximum Gasteiger partial charge on any atom is 0.326 e. The summed E-state index contributed by atoms with van der Waals surface area (Å²) in [6, 6.07) is 3.75. The van der Waals surface area contributed by atoms with Crippen LogP contribution in [0.2, 0.25) is 0 Å². The number of carbonyl (C=O) groups is 2. The molecule has 1 aliphatic rings. The number of amides is 1. The second-order valence-electron chi connectivity index (χ2n) is 4.73. The van der Waals surface area contributed by atoms with Crippen LogP contribution in [-0.4, -0.2) is 61.1 Å². The van der Waals surface area contributed by atoms with E-state index in [9.17, 15) is 14.7 Å². The van der Waals surface area contributed by atoms with E-state index in [4.69, 9.17) is 5.11 Å². The number of aliphatic hydroxyl groups is 1. The van der Waals surface area contributed by atoms with Gasteiger partial charge in [0.05, 0.1) is 6.10 Å². The highest BCUT2D eigenvalue weighted by Gasteiger charge is 2.39. The molecule has 2 heterocycles. The van der Waals surface area contributed by atoms with Crippen molar-refractivity contribution in [2.24, 2.45) is 0 Å². The van der Waals surface area contributed by atoms with Crippen LogP contribution in [0.3, 0.4) is 0 Å². The fourth-order valence-electron chi connectivity index (χ4n) is 2.41. The molecule has 0 spiro atoms.